The Morgan fingerprint density at radius 3 is 2.31 bits per heavy atom. The van der Waals surface area contributed by atoms with E-state index in [0.29, 0.717) is 36.5 Å². The summed E-state index contributed by atoms with van der Waals surface area (Å²) in [4.78, 5) is 23.4. The lowest BCUT2D eigenvalue weighted by atomic mass is 9.43. The number of rotatable bonds is 7. The molecule has 4 saturated carbocycles. The topological polar surface area (TPSA) is 96.0 Å². The Labute approximate surface area is 217 Å². The highest BCUT2D eigenvalue weighted by molar-refractivity contribution is 7.86. The molecule has 0 heterocycles. The molecular formula is C28H46O7S. The van der Waals surface area contributed by atoms with Crippen molar-refractivity contribution in [2.45, 2.75) is 104 Å². The summed E-state index contributed by atoms with van der Waals surface area (Å²) in [5.74, 6) is 1.84. The van der Waals surface area contributed by atoms with Gasteiger partial charge < -0.3 is 9.47 Å². The van der Waals surface area contributed by atoms with Gasteiger partial charge in [-0.1, -0.05) is 20.8 Å². The van der Waals surface area contributed by atoms with Crippen molar-refractivity contribution in [2.24, 2.45) is 46.3 Å². The fraction of sp³-hybridized carbons (Fsp3) is 0.929. The maximum atomic E-state index is 12.4. The number of carbonyl (C=O) groups excluding carboxylic acids is 2. The molecule has 0 aromatic carbocycles. The van der Waals surface area contributed by atoms with Gasteiger partial charge in [0.15, 0.2) is 0 Å². The fourth-order valence-electron chi connectivity index (χ4n) is 9.45. The van der Waals surface area contributed by atoms with E-state index >= 15 is 0 Å². The van der Waals surface area contributed by atoms with E-state index in [1.165, 1.54) is 20.3 Å². The molecule has 0 aromatic heterocycles. The molecule has 0 radical (unpaired) electrons. The van der Waals surface area contributed by atoms with Crippen LogP contribution in [0.2, 0.25) is 0 Å². The first kappa shape index (κ1) is 27.9. The van der Waals surface area contributed by atoms with Crippen LogP contribution in [0.4, 0.5) is 0 Å². The van der Waals surface area contributed by atoms with Gasteiger partial charge in [0.25, 0.3) is 10.1 Å². The molecule has 0 bridgehead atoms. The highest BCUT2D eigenvalue weighted by Gasteiger charge is 2.63. The minimum absolute atomic E-state index is 0.0867. The maximum absolute atomic E-state index is 12.4. The number of hydrogen-bond acceptors (Lipinski definition) is 7. The standard InChI is InChI=1S/C28H46O7S/c1-17(7-10-25(30)33-5)21-8-9-22-26-23(12-14-28(21,22)4)27(3)13-11-20(34-18(2)29)15-19(27)16-24(26)35-36(6,31)32/h17,19-24,26H,7-16H2,1-6H3/t17-,19+,20-,21-,22+,23+,24-,26+,27+,28-/m1/s1. The summed E-state index contributed by atoms with van der Waals surface area (Å²) in [6, 6.07) is 0. The van der Waals surface area contributed by atoms with Crippen LogP contribution in [0.25, 0.3) is 0 Å². The first-order chi connectivity index (χ1) is 16.8. The molecule has 36 heavy (non-hydrogen) atoms. The zero-order valence-corrected chi connectivity index (χ0v) is 23.8. The zero-order chi connectivity index (χ0) is 26.5. The second-order valence-corrected chi connectivity index (χ2v) is 14.5. The third kappa shape index (κ3) is 5.23. The summed E-state index contributed by atoms with van der Waals surface area (Å²) in [5, 5.41) is 0. The molecule has 4 aliphatic rings. The van der Waals surface area contributed by atoms with Crippen LogP contribution in [0.5, 0.6) is 0 Å². The first-order valence-electron chi connectivity index (χ1n) is 13.9. The van der Waals surface area contributed by atoms with Gasteiger partial charge in [-0.3, -0.25) is 13.8 Å². The molecule has 0 spiro atoms. The quantitative estimate of drug-likeness (QED) is 0.335. The first-order valence-corrected chi connectivity index (χ1v) is 15.7. The summed E-state index contributed by atoms with van der Waals surface area (Å²) in [6.07, 6.45) is 9.83. The minimum Gasteiger partial charge on any atom is -0.469 e. The van der Waals surface area contributed by atoms with Crippen LogP contribution in [0.1, 0.15) is 91.9 Å². The summed E-state index contributed by atoms with van der Waals surface area (Å²) in [6.45, 7) is 8.56. The van der Waals surface area contributed by atoms with Gasteiger partial charge in [0.05, 0.1) is 19.5 Å². The van der Waals surface area contributed by atoms with E-state index < -0.39 is 10.1 Å². The van der Waals surface area contributed by atoms with Crippen molar-refractivity contribution in [3.05, 3.63) is 0 Å². The Kier molecular flexibility index (Phi) is 7.90. The molecule has 0 unspecified atom stereocenters. The lowest BCUT2D eigenvalue weighted by molar-refractivity contribution is -0.177. The van der Waals surface area contributed by atoms with Crippen LogP contribution in [0.3, 0.4) is 0 Å². The van der Waals surface area contributed by atoms with E-state index in [-0.39, 0.29) is 46.8 Å². The molecule has 0 amide bonds. The third-order valence-corrected chi connectivity index (χ3v) is 11.6. The van der Waals surface area contributed by atoms with Crippen molar-refractivity contribution in [3.8, 4) is 0 Å². The Hall–Kier alpha value is -1.15. The predicted octanol–water partition coefficient (Wildman–Crippen LogP) is 5.12. The molecule has 10 atom stereocenters. The smallest absolute Gasteiger partial charge is 0.305 e. The number of esters is 2. The summed E-state index contributed by atoms with van der Waals surface area (Å²) < 4.78 is 41.2. The second-order valence-electron chi connectivity index (χ2n) is 12.9. The average molecular weight is 527 g/mol. The molecule has 4 rings (SSSR count). The lowest BCUT2D eigenvalue weighted by Gasteiger charge is -2.63. The minimum atomic E-state index is -3.60. The monoisotopic (exact) mass is 526 g/mol. The van der Waals surface area contributed by atoms with Crippen molar-refractivity contribution in [1.82, 2.24) is 0 Å². The molecule has 0 saturated heterocycles. The molecule has 0 aromatic rings. The number of hydrogen-bond donors (Lipinski definition) is 0. The van der Waals surface area contributed by atoms with E-state index in [9.17, 15) is 18.0 Å². The number of methoxy groups -OCH3 is 1. The Morgan fingerprint density at radius 1 is 1.00 bits per heavy atom. The maximum Gasteiger partial charge on any atom is 0.305 e. The van der Waals surface area contributed by atoms with Gasteiger partial charge >= 0.3 is 11.9 Å². The normalized spacial score (nSPS) is 43.0. The van der Waals surface area contributed by atoms with Crippen LogP contribution in [0, 0.1) is 46.3 Å². The molecule has 8 heteroatoms. The highest BCUT2D eigenvalue weighted by atomic mass is 32.2. The van der Waals surface area contributed by atoms with Crippen LogP contribution in [-0.2, 0) is 33.4 Å². The van der Waals surface area contributed by atoms with Crippen molar-refractivity contribution in [2.75, 3.05) is 13.4 Å². The average Bonchev–Trinajstić information content (AvgIpc) is 3.14. The number of carbonyl (C=O) groups is 2. The molecule has 0 N–H and O–H groups in total. The summed E-state index contributed by atoms with van der Waals surface area (Å²) in [5.41, 5.74) is 0.225. The molecule has 206 valence electrons. The second kappa shape index (κ2) is 10.2. The molecule has 4 aliphatic carbocycles. The third-order valence-electron chi connectivity index (χ3n) is 11.0. The highest BCUT2D eigenvalue weighted by Crippen LogP contribution is 2.69. The Morgan fingerprint density at radius 2 is 1.67 bits per heavy atom. The van der Waals surface area contributed by atoms with E-state index in [0.717, 1.165) is 51.4 Å². The summed E-state index contributed by atoms with van der Waals surface area (Å²) >= 11 is 0. The van der Waals surface area contributed by atoms with Gasteiger partial charge in [-0.05, 0) is 104 Å². The van der Waals surface area contributed by atoms with Gasteiger partial charge in [-0.25, -0.2) is 0 Å². The zero-order valence-electron chi connectivity index (χ0n) is 23.0. The van der Waals surface area contributed by atoms with E-state index in [4.69, 9.17) is 13.7 Å². The van der Waals surface area contributed by atoms with Gasteiger partial charge in [0, 0.05) is 13.3 Å². The van der Waals surface area contributed by atoms with E-state index in [1.54, 1.807) is 0 Å². The van der Waals surface area contributed by atoms with Gasteiger partial charge in [0.1, 0.15) is 6.10 Å². The fourth-order valence-corrected chi connectivity index (χ4v) is 10.1. The van der Waals surface area contributed by atoms with Gasteiger partial charge in [-0.2, -0.15) is 8.42 Å². The van der Waals surface area contributed by atoms with Crippen molar-refractivity contribution < 1.29 is 31.7 Å². The van der Waals surface area contributed by atoms with Crippen molar-refractivity contribution >= 4 is 22.1 Å². The number of fused-ring (bicyclic) bond motifs is 5. The largest absolute Gasteiger partial charge is 0.469 e. The van der Waals surface area contributed by atoms with Gasteiger partial charge in [0.2, 0.25) is 0 Å². The van der Waals surface area contributed by atoms with Crippen LogP contribution < -0.4 is 0 Å². The van der Waals surface area contributed by atoms with Crippen LogP contribution in [0.15, 0.2) is 0 Å². The van der Waals surface area contributed by atoms with Gasteiger partial charge in [-0.15, -0.1) is 0 Å². The van der Waals surface area contributed by atoms with Crippen molar-refractivity contribution in [1.29, 1.82) is 0 Å². The van der Waals surface area contributed by atoms with Crippen LogP contribution >= 0.6 is 0 Å². The molecule has 0 aliphatic heterocycles. The molecule has 4 fully saturated rings. The predicted molar refractivity (Wildman–Crippen MR) is 136 cm³/mol. The Bertz CT molecular complexity index is 948. The lowest BCUT2D eigenvalue weighted by Crippen LogP contribution is -2.59. The van der Waals surface area contributed by atoms with E-state index in [2.05, 4.69) is 20.8 Å². The number of ether oxygens (including phenoxy) is 2. The van der Waals surface area contributed by atoms with Crippen molar-refractivity contribution in [3.63, 3.8) is 0 Å². The SMILES string of the molecule is COC(=O)CC[C@@H](C)[C@H]1CC[C@H]2[C@@H]3[C@H](OS(C)(=O)=O)C[C@@H]4C[C@H](OC(C)=O)CC[C@]4(C)[C@H]3CC[C@]12C. The molecule has 7 nitrogen and oxygen atoms in total. The van der Waals surface area contributed by atoms with E-state index in [1.807, 2.05) is 0 Å². The van der Waals surface area contributed by atoms with Crippen LogP contribution in [-0.4, -0.2) is 45.9 Å². The Balaban J connectivity index is 1.60. The summed E-state index contributed by atoms with van der Waals surface area (Å²) in [7, 11) is -2.16. The molecular weight excluding hydrogens is 480 g/mol.